The van der Waals surface area contributed by atoms with Crippen LogP contribution in [0.1, 0.15) is 25.0 Å². The summed E-state index contributed by atoms with van der Waals surface area (Å²) < 4.78 is 5.68. The third kappa shape index (κ3) is 5.44. The van der Waals surface area contributed by atoms with E-state index in [4.69, 9.17) is 16.3 Å². The van der Waals surface area contributed by atoms with E-state index in [0.29, 0.717) is 17.3 Å². The van der Waals surface area contributed by atoms with Crippen molar-refractivity contribution in [2.75, 3.05) is 19.7 Å². The summed E-state index contributed by atoms with van der Waals surface area (Å²) in [4.78, 5) is 19.2. The van der Waals surface area contributed by atoms with Crippen molar-refractivity contribution in [1.82, 2.24) is 15.2 Å². The molecule has 1 atom stereocenters. The maximum Gasteiger partial charge on any atom is 0.261 e. The van der Waals surface area contributed by atoms with Crippen molar-refractivity contribution in [3.8, 4) is 5.75 Å². The highest BCUT2D eigenvalue weighted by Crippen LogP contribution is 2.19. The molecule has 1 aliphatic rings. The number of benzene rings is 1. The molecule has 0 aliphatic carbocycles. The summed E-state index contributed by atoms with van der Waals surface area (Å²) in [5.74, 6) is 0.626. The number of carbonyl (C=O) groups is 1. The Balaban J connectivity index is 1.68. The number of nitrogens with one attached hydrogen (secondary N) is 1. The highest BCUT2D eigenvalue weighted by Gasteiger charge is 2.25. The Morgan fingerprint density at radius 1 is 1.19 bits per heavy atom. The number of amides is 1. The van der Waals surface area contributed by atoms with Crippen molar-refractivity contribution in [2.45, 2.75) is 31.8 Å². The van der Waals surface area contributed by atoms with Crippen LogP contribution in [0, 0.1) is 0 Å². The predicted octanol–water partition coefficient (Wildman–Crippen LogP) is 3.28. The van der Waals surface area contributed by atoms with Gasteiger partial charge in [-0.3, -0.25) is 9.78 Å². The van der Waals surface area contributed by atoms with Gasteiger partial charge in [-0.2, -0.15) is 0 Å². The Labute approximate surface area is 159 Å². The molecule has 0 radical (unpaired) electrons. The molecule has 26 heavy (non-hydrogen) atoms. The minimum Gasteiger partial charge on any atom is -0.484 e. The van der Waals surface area contributed by atoms with Gasteiger partial charge in [-0.15, -0.1) is 0 Å². The molecular formula is C20H24ClN3O2. The van der Waals surface area contributed by atoms with Crippen molar-refractivity contribution in [3.63, 3.8) is 0 Å². The average molecular weight is 374 g/mol. The maximum absolute atomic E-state index is 12.9. The molecule has 0 bridgehead atoms. The number of pyridine rings is 1. The van der Waals surface area contributed by atoms with Crippen LogP contribution in [0.15, 0.2) is 48.7 Å². The van der Waals surface area contributed by atoms with E-state index in [1.807, 2.05) is 23.1 Å². The van der Waals surface area contributed by atoms with Crippen LogP contribution in [-0.4, -0.2) is 41.5 Å². The van der Waals surface area contributed by atoms with E-state index < -0.39 is 0 Å². The molecule has 2 heterocycles. The van der Waals surface area contributed by atoms with Gasteiger partial charge in [0, 0.05) is 17.3 Å². The van der Waals surface area contributed by atoms with E-state index in [-0.39, 0.29) is 18.6 Å². The molecule has 1 saturated heterocycles. The van der Waals surface area contributed by atoms with E-state index in [9.17, 15) is 4.79 Å². The Kier molecular flexibility index (Phi) is 6.86. The minimum atomic E-state index is -0.0162. The van der Waals surface area contributed by atoms with Gasteiger partial charge in [0.1, 0.15) is 5.75 Å². The fourth-order valence-electron chi connectivity index (χ4n) is 3.16. The van der Waals surface area contributed by atoms with E-state index in [1.165, 1.54) is 0 Å². The monoisotopic (exact) mass is 373 g/mol. The maximum atomic E-state index is 12.9. The third-order valence-electron chi connectivity index (χ3n) is 4.54. The molecule has 1 aliphatic heterocycles. The molecule has 2 aromatic rings. The Hall–Kier alpha value is -2.11. The van der Waals surface area contributed by atoms with Gasteiger partial charge in [0.2, 0.25) is 0 Å². The molecule has 5 nitrogen and oxygen atoms in total. The van der Waals surface area contributed by atoms with E-state index >= 15 is 0 Å². The van der Waals surface area contributed by atoms with Gasteiger partial charge in [0.05, 0.1) is 12.2 Å². The molecule has 0 spiro atoms. The molecule has 3 rings (SSSR count). The SMILES string of the molecule is O=C(COc1ccc(Cl)cc1)N(Cc1ccccn1)C1CCCNCC1. The van der Waals surface area contributed by atoms with Gasteiger partial charge >= 0.3 is 0 Å². The number of aromatic nitrogens is 1. The molecule has 1 fully saturated rings. The lowest BCUT2D eigenvalue weighted by molar-refractivity contribution is -0.136. The summed E-state index contributed by atoms with van der Waals surface area (Å²) >= 11 is 5.89. The second-order valence-corrected chi connectivity index (χ2v) is 6.86. The fourth-order valence-corrected chi connectivity index (χ4v) is 3.28. The Morgan fingerprint density at radius 3 is 2.81 bits per heavy atom. The van der Waals surface area contributed by atoms with Crippen molar-refractivity contribution in [1.29, 1.82) is 0 Å². The quantitative estimate of drug-likeness (QED) is 0.844. The first kappa shape index (κ1) is 18.7. The van der Waals surface area contributed by atoms with Crippen LogP contribution in [0.2, 0.25) is 5.02 Å². The molecule has 6 heteroatoms. The summed E-state index contributed by atoms with van der Waals surface area (Å²) in [5, 5.41) is 4.05. The number of halogens is 1. The Bertz CT molecular complexity index is 686. The van der Waals surface area contributed by atoms with Crippen LogP contribution >= 0.6 is 11.6 Å². The van der Waals surface area contributed by atoms with Gasteiger partial charge in [-0.25, -0.2) is 0 Å². The zero-order valence-corrected chi connectivity index (χ0v) is 15.5. The van der Waals surface area contributed by atoms with Crippen LogP contribution in [-0.2, 0) is 11.3 Å². The number of ether oxygens (including phenoxy) is 1. The first-order valence-electron chi connectivity index (χ1n) is 9.01. The summed E-state index contributed by atoms with van der Waals surface area (Å²) in [5.41, 5.74) is 0.893. The highest BCUT2D eigenvalue weighted by molar-refractivity contribution is 6.30. The summed E-state index contributed by atoms with van der Waals surface area (Å²) in [6.45, 7) is 2.45. The molecule has 1 N–H and O–H groups in total. The first-order valence-corrected chi connectivity index (χ1v) is 9.38. The fraction of sp³-hybridized carbons (Fsp3) is 0.400. The highest BCUT2D eigenvalue weighted by atomic mass is 35.5. The zero-order chi connectivity index (χ0) is 18.2. The normalized spacial score (nSPS) is 17.3. The van der Waals surface area contributed by atoms with E-state index in [0.717, 1.165) is 38.0 Å². The van der Waals surface area contributed by atoms with Crippen molar-refractivity contribution in [3.05, 3.63) is 59.4 Å². The summed E-state index contributed by atoms with van der Waals surface area (Å²) in [6, 6.07) is 13.0. The average Bonchev–Trinajstić information content (AvgIpc) is 2.95. The van der Waals surface area contributed by atoms with Gasteiger partial charge in [0.25, 0.3) is 5.91 Å². The molecule has 138 valence electrons. The summed E-state index contributed by atoms with van der Waals surface area (Å²) in [7, 11) is 0. The van der Waals surface area contributed by atoms with Gasteiger partial charge in [-0.1, -0.05) is 17.7 Å². The number of rotatable bonds is 6. The van der Waals surface area contributed by atoms with Crippen LogP contribution in [0.4, 0.5) is 0 Å². The second-order valence-electron chi connectivity index (χ2n) is 6.42. The van der Waals surface area contributed by atoms with Gasteiger partial charge in [-0.05, 0) is 68.8 Å². The van der Waals surface area contributed by atoms with Crippen molar-refractivity contribution in [2.24, 2.45) is 0 Å². The molecular weight excluding hydrogens is 350 g/mol. The Morgan fingerprint density at radius 2 is 2.04 bits per heavy atom. The smallest absolute Gasteiger partial charge is 0.261 e. The number of hydrogen-bond acceptors (Lipinski definition) is 4. The molecule has 0 saturated carbocycles. The first-order chi connectivity index (χ1) is 12.7. The zero-order valence-electron chi connectivity index (χ0n) is 14.7. The topological polar surface area (TPSA) is 54.5 Å². The van der Waals surface area contributed by atoms with Crippen LogP contribution < -0.4 is 10.1 Å². The standard InChI is InChI=1S/C20H24ClN3O2/c21-16-6-8-19(9-7-16)26-15-20(25)24(14-17-4-1-2-12-23-17)18-5-3-11-22-13-10-18/h1-2,4,6-9,12,18,22H,3,5,10-11,13-15H2. The molecule has 1 aromatic heterocycles. The largest absolute Gasteiger partial charge is 0.484 e. The van der Waals surface area contributed by atoms with Gasteiger partial charge in [0.15, 0.2) is 6.61 Å². The third-order valence-corrected chi connectivity index (χ3v) is 4.79. The van der Waals surface area contributed by atoms with Crippen molar-refractivity contribution < 1.29 is 9.53 Å². The molecule has 1 unspecified atom stereocenters. The van der Waals surface area contributed by atoms with Crippen LogP contribution in [0.5, 0.6) is 5.75 Å². The van der Waals surface area contributed by atoms with E-state index in [1.54, 1.807) is 30.5 Å². The number of hydrogen-bond donors (Lipinski definition) is 1. The van der Waals surface area contributed by atoms with Gasteiger partial charge < -0.3 is 15.0 Å². The lowest BCUT2D eigenvalue weighted by atomic mass is 10.1. The molecule has 1 aromatic carbocycles. The summed E-state index contributed by atoms with van der Waals surface area (Å²) in [6.07, 6.45) is 4.76. The lowest BCUT2D eigenvalue weighted by Gasteiger charge is -2.31. The van der Waals surface area contributed by atoms with E-state index in [2.05, 4.69) is 10.3 Å². The molecule has 1 amide bonds. The minimum absolute atomic E-state index is 0.0123. The predicted molar refractivity (Wildman–Crippen MR) is 102 cm³/mol. The van der Waals surface area contributed by atoms with Crippen LogP contribution in [0.25, 0.3) is 0 Å². The lowest BCUT2D eigenvalue weighted by Crippen LogP contribution is -2.43. The second kappa shape index (κ2) is 9.55. The van der Waals surface area contributed by atoms with Crippen molar-refractivity contribution >= 4 is 17.5 Å². The van der Waals surface area contributed by atoms with Crippen LogP contribution in [0.3, 0.4) is 0 Å². The number of nitrogens with zero attached hydrogens (tertiary/aromatic N) is 2. The number of carbonyl (C=O) groups excluding carboxylic acids is 1.